The Morgan fingerprint density at radius 1 is 1.17 bits per heavy atom. The van der Waals surface area contributed by atoms with Crippen LogP contribution in [0.15, 0.2) is 61.9 Å². The number of ether oxygens (including phenoxy) is 2. The predicted molar refractivity (Wildman–Crippen MR) is 112 cm³/mol. The van der Waals surface area contributed by atoms with Crippen LogP contribution in [0.4, 0.5) is 0 Å². The topological polar surface area (TPSA) is 83.0 Å². The molecule has 3 heterocycles. The van der Waals surface area contributed by atoms with Crippen molar-refractivity contribution in [1.29, 1.82) is 0 Å². The van der Waals surface area contributed by atoms with E-state index in [2.05, 4.69) is 4.99 Å². The number of rotatable bonds is 4. The van der Waals surface area contributed by atoms with Crippen LogP contribution in [-0.4, -0.2) is 24.8 Å². The van der Waals surface area contributed by atoms with E-state index >= 15 is 0 Å². The number of hydrogen-bond acceptors (Lipinski definition) is 7. The van der Waals surface area contributed by atoms with Gasteiger partial charge in [0.2, 0.25) is 0 Å². The molecule has 1 aliphatic rings. The Morgan fingerprint density at radius 2 is 1.90 bits per heavy atom. The van der Waals surface area contributed by atoms with E-state index in [-0.39, 0.29) is 5.56 Å². The van der Waals surface area contributed by atoms with E-state index in [1.54, 1.807) is 38.3 Å². The first-order chi connectivity index (χ1) is 14.4. The minimum absolute atomic E-state index is 0.248. The molecule has 0 fully saturated rings. The number of allylic oxidation sites excluding steroid dienone is 1. The molecule has 1 unspecified atom stereocenters. The third-order valence-corrected chi connectivity index (χ3v) is 5.88. The molecular weight excluding hydrogens is 404 g/mol. The fourth-order valence-electron chi connectivity index (χ4n) is 3.45. The van der Waals surface area contributed by atoms with Gasteiger partial charge in [0.15, 0.2) is 4.80 Å². The van der Waals surface area contributed by atoms with Crippen molar-refractivity contribution >= 4 is 23.4 Å². The summed E-state index contributed by atoms with van der Waals surface area (Å²) in [6, 6.07) is 10.2. The average molecular weight is 424 g/mol. The first-order valence-corrected chi connectivity index (χ1v) is 10.1. The van der Waals surface area contributed by atoms with Crippen LogP contribution in [0.3, 0.4) is 0 Å². The summed E-state index contributed by atoms with van der Waals surface area (Å²) in [5, 5.41) is 0. The molecule has 0 saturated heterocycles. The Kier molecular flexibility index (Phi) is 5.17. The van der Waals surface area contributed by atoms with E-state index in [4.69, 9.17) is 13.9 Å². The minimum atomic E-state index is -0.653. The summed E-state index contributed by atoms with van der Waals surface area (Å²) in [4.78, 5) is 31.0. The van der Waals surface area contributed by atoms with Crippen LogP contribution in [-0.2, 0) is 9.53 Å². The number of benzene rings is 1. The molecule has 30 heavy (non-hydrogen) atoms. The Balaban J connectivity index is 1.96. The average Bonchev–Trinajstić information content (AvgIpc) is 3.29. The number of esters is 1. The zero-order valence-electron chi connectivity index (χ0n) is 17.0. The molecule has 1 aliphatic heterocycles. The van der Waals surface area contributed by atoms with Crippen molar-refractivity contribution in [3.05, 3.63) is 84.4 Å². The van der Waals surface area contributed by atoms with Crippen molar-refractivity contribution in [2.24, 2.45) is 4.99 Å². The van der Waals surface area contributed by atoms with Crippen molar-refractivity contribution in [2.45, 2.75) is 19.9 Å². The van der Waals surface area contributed by atoms with E-state index in [1.807, 2.05) is 25.1 Å². The molecule has 1 atom stereocenters. The van der Waals surface area contributed by atoms with Gasteiger partial charge < -0.3 is 13.9 Å². The van der Waals surface area contributed by atoms with Gasteiger partial charge in [-0.05, 0) is 43.7 Å². The number of carbonyl (C=O) groups excluding carboxylic acids is 1. The number of hydrogen-bond donors (Lipinski definition) is 0. The Labute approximate surface area is 176 Å². The summed E-state index contributed by atoms with van der Waals surface area (Å²) >= 11 is 1.25. The van der Waals surface area contributed by atoms with Crippen LogP contribution in [0.25, 0.3) is 6.08 Å². The second-order valence-electron chi connectivity index (χ2n) is 6.79. The molecule has 2 aromatic heterocycles. The number of nitrogens with zero attached hydrogens (tertiary/aromatic N) is 2. The molecule has 3 aromatic rings. The van der Waals surface area contributed by atoms with E-state index in [1.165, 1.54) is 23.0 Å². The van der Waals surface area contributed by atoms with E-state index in [0.717, 1.165) is 11.3 Å². The van der Waals surface area contributed by atoms with Gasteiger partial charge in [-0.1, -0.05) is 23.5 Å². The third-order valence-electron chi connectivity index (χ3n) is 4.89. The maximum Gasteiger partial charge on any atom is 0.338 e. The monoisotopic (exact) mass is 424 g/mol. The summed E-state index contributed by atoms with van der Waals surface area (Å²) in [5.41, 5.74) is 1.36. The second kappa shape index (κ2) is 7.79. The van der Waals surface area contributed by atoms with Gasteiger partial charge in [0.1, 0.15) is 17.3 Å². The maximum absolute atomic E-state index is 13.3. The second-order valence-corrected chi connectivity index (χ2v) is 7.80. The van der Waals surface area contributed by atoms with Crippen LogP contribution in [0.2, 0.25) is 0 Å². The van der Waals surface area contributed by atoms with E-state index in [0.29, 0.717) is 32.1 Å². The third kappa shape index (κ3) is 3.39. The maximum atomic E-state index is 13.3. The molecule has 8 heteroatoms. The fraction of sp³-hybridized carbons (Fsp3) is 0.227. The zero-order chi connectivity index (χ0) is 21.4. The molecule has 7 nitrogen and oxygen atoms in total. The van der Waals surface area contributed by atoms with Gasteiger partial charge in [-0.25, -0.2) is 9.79 Å². The highest BCUT2D eigenvalue weighted by Crippen LogP contribution is 2.31. The molecule has 0 bridgehead atoms. The normalized spacial score (nSPS) is 16.3. The lowest BCUT2D eigenvalue weighted by Crippen LogP contribution is -2.39. The molecular formula is C22H20N2O5S. The van der Waals surface area contributed by atoms with Gasteiger partial charge in [-0.2, -0.15) is 0 Å². The van der Waals surface area contributed by atoms with Crippen LogP contribution in [0.1, 0.15) is 30.0 Å². The molecule has 4 rings (SSSR count). The Bertz CT molecular complexity index is 1330. The number of carbonyl (C=O) groups is 1. The van der Waals surface area contributed by atoms with E-state index in [9.17, 15) is 9.59 Å². The lowest BCUT2D eigenvalue weighted by Gasteiger charge is -2.24. The summed E-state index contributed by atoms with van der Waals surface area (Å²) < 4.78 is 17.8. The van der Waals surface area contributed by atoms with Crippen LogP contribution >= 0.6 is 11.3 Å². The highest BCUT2D eigenvalue weighted by molar-refractivity contribution is 7.07. The molecule has 0 radical (unpaired) electrons. The molecule has 0 spiro atoms. The van der Waals surface area contributed by atoms with Gasteiger partial charge in [0.05, 0.1) is 36.1 Å². The first kappa shape index (κ1) is 19.9. The lowest BCUT2D eigenvalue weighted by molar-refractivity contribution is -0.136. The smallest absolute Gasteiger partial charge is 0.338 e. The number of thiazole rings is 1. The molecule has 0 saturated carbocycles. The quantitative estimate of drug-likeness (QED) is 0.601. The Hall–Kier alpha value is -3.39. The Morgan fingerprint density at radius 3 is 2.50 bits per heavy atom. The molecule has 0 N–H and O–H groups in total. The SMILES string of the molecule is COC(=O)C1=C(C)N=c2s/c(=C/c3ccc(C)o3)c(=O)n2C1c1ccc(OC)cc1. The standard InChI is InChI=1S/C22H20N2O5S/c1-12-5-8-16(29-12)11-17-20(25)24-19(14-6-9-15(27-3)10-7-14)18(21(26)28-4)13(2)23-22(24)30-17/h5-11,19H,1-4H3/b17-11+. The minimum Gasteiger partial charge on any atom is -0.497 e. The van der Waals surface area contributed by atoms with Gasteiger partial charge >= 0.3 is 5.97 Å². The van der Waals surface area contributed by atoms with Crippen molar-refractivity contribution in [3.63, 3.8) is 0 Å². The van der Waals surface area contributed by atoms with Gasteiger partial charge in [0.25, 0.3) is 5.56 Å². The molecule has 0 aliphatic carbocycles. The zero-order valence-corrected chi connectivity index (χ0v) is 17.8. The first-order valence-electron chi connectivity index (χ1n) is 9.24. The predicted octanol–water partition coefficient (Wildman–Crippen LogP) is 2.32. The van der Waals surface area contributed by atoms with Crippen molar-refractivity contribution < 1.29 is 18.7 Å². The lowest BCUT2D eigenvalue weighted by atomic mass is 9.96. The molecule has 0 amide bonds. The largest absolute Gasteiger partial charge is 0.497 e. The van der Waals surface area contributed by atoms with Gasteiger partial charge in [-0.15, -0.1) is 0 Å². The van der Waals surface area contributed by atoms with E-state index < -0.39 is 12.0 Å². The molecule has 154 valence electrons. The summed E-state index contributed by atoms with van der Waals surface area (Å²) in [6.07, 6.45) is 1.69. The number of furan rings is 1. The number of methoxy groups -OCH3 is 2. The molecule has 1 aromatic carbocycles. The summed E-state index contributed by atoms with van der Waals surface area (Å²) in [6.45, 7) is 3.59. The van der Waals surface area contributed by atoms with Crippen molar-refractivity contribution in [1.82, 2.24) is 4.57 Å². The van der Waals surface area contributed by atoms with Gasteiger partial charge in [0, 0.05) is 6.08 Å². The number of aryl methyl sites for hydroxylation is 1. The highest BCUT2D eigenvalue weighted by atomic mass is 32.1. The number of aromatic nitrogens is 1. The van der Waals surface area contributed by atoms with Gasteiger partial charge in [-0.3, -0.25) is 9.36 Å². The van der Waals surface area contributed by atoms with Crippen LogP contribution in [0.5, 0.6) is 5.75 Å². The highest BCUT2D eigenvalue weighted by Gasteiger charge is 2.33. The van der Waals surface area contributed by atoms with Crippen molar-refractivity contribution in [2.75, 3.05) is 14.2 Å². The van der Waals surface area contributed by atoms with Crippen LogP contribution < -0.4 is 19.6 Å². The number of fused-ring (bicyclic) bond motifs is 1. The fourth-order valence-corrected chi connectivity index (χ4v) is 4.48. The van der Waals surface area contributed by atoms with Crippen molar-refractivity contribution in [3.8, 4) is 5.75 Å². The summed E-state index contributed by atoms with van der Waals surface area (Å²) in [7, 11) is 2.90. The summed E-state index contributed by atoms with van der Waals surface area (Å²) in [5.74, 6) is 1.50. The van der Waals surface area contributed by atoms with Crippen LogP contribution in [0, 0.1) is 6.92 Å².